The molecule has 2 aromatic carbocycles. The topological polar surface area (TPSA) is 76.5 Å². The number of hydrogen-bond donors (Lipinski definition) is 1. The first-order valence-corrected chi connectivity index (χ1v) is 7.43. The number of fused-ring (bicyclic) bond motifs is 1. The van der Waals surface area contributed by atoms with E-state index in [1.165, 1.54) is 0 Å². The van der Waals surface area contributed by atoms with Gasteiger partial charge in [0.2, 0.25) is 0 Å². The second-order valence-electron chi connectivity index (χ2n) is 5.51. The van der Waals surface area contributed by atoms with E-state index in [1.54, 1.807) is 18.2 Å². The highest BCUT2D eigenvalue weighted by Gasteiger charge is 2.20. The zero-order valence-corrected chi connectivity index (χ0v) is 12.8. The minimum atomic E-state index is -0.651. The highest BCUT2D eigenvalue weighted by Crippen LogP contribution is 2.35. The molecule has 0 fully saturated rings. The molecule has 118 valence electrons. The van der Waals surface area contributed by atoms with Crippen LogP contribution >= 0.6 is 0 Å². The first-order valence-electron chi connectivity index (χ1n) is 7.43. The van der Waals surface area contributed by atoms with Gasteiger partial charge in [-0.3, -0.25) is 0 Å². The molecule has 0 saturated heterocycles. The molecule has 0 spiro atoms. The van der Waals surface area contributed by atoms with E-state index in [4.69, 9.17) is 8.94 Å². The van der Waals surface area contributed by atoms with Crippen molar-refractivity contribution < 1.29 is 14.0 Å². The third-order valence-electron chi connectivity index (χ3n) is 3.93. The molecule has 1 N–H and O–H groups in total. The van der Waals surface area contributed by atoms with E-state index in [0.29, 0.717) is 16.7 Å². The molecule has 0 aliphatic heterocycles. The highest BCUT2D eigenvalue weighted by molar-refractivity contribution is 5.91. The van der Waals surface area contributed by atoms with E-state index in [2.05, 4.69) is 5.16 Å². The van der Waals surface area contributed by atoms with Gasteiger partial charge in [0.25, 0.3) is 0 Å². The molecular formula is C19H13NO4. The standard InChI is InChI=1S/C19H13NO4/c1-11-6-5-9-13-17(21)16(19(22)23-18(11)13)14-10-15(24-20-14)12-7-3-2-4-8-12/h2-10,21H,1H3. The van der Waals surface area contributed by atoms with Crippen LogP contribution in [0.5, 0.6) is 5.75 Å². The number of aromatic hydroxyl groups is 1. The summed E-state index contributed by atoms with van der Waals surface area (Å²) in [5.74, 6) is 0.353. The largest absolute Gasteiger partial charge is 0.506 e. The summed E-state index contributed by atoms with van der Waals surface area (Å²) < 4.78 is 10.7. The molecule has 0 aliphatic rings. The second-order valence-corrected chi connectivity index (χ2v) is 5.51. The molecule has 0 aliphatic carbocycles. The fraction of sp³-hybridized carbons (Fsp3) is 0.0526. The zero-order valence-electron chi connectivity index (χ0n) is 12.8. The minimum absolute atomic E-state index is 0.000897. The van der Waals surface area contributed by atoms with Gasteiger partial charge >= 0.3 is 5.63 Å². The van der Waals surface area contributed by atoms with Gasteiger partial charge in [-0.15, -0.1) is 0 Å². The van der Waals surface area contributed by atoms with Gasteiger partial charge in [-0.25, -0.2) is 4.79 Å². The molecule has 0 unspecified atom stereocenters. The van der Waals surface area contributed by atoms with Crippen molar-refractivity contribution in [1.29, 1.82) is 0 Å². The Morgan fingerprint density at radius 2 is 1.83 bits per heavy atom. The number of benzene rings is 2. The van der Waals surface area contributed by atoms with Gasteiger partial charge in [-0.1, -0.05) is 47.6 Å². The van der Waals surface area contributed by atoms with Crippen molar-refractivity contribution in [3.05, 3.63) is 70.6 Å². The predicted molar refractivity (Wildman–Crippen MR) is 89.8 cm³/mol. The maximum Gasteiger partial charge on any atom is 0.349 e. The average Bonchev–Trinajstić information content (AvgIpc) is 3.06. The molecule has 0 amide bonds. The molecule has 4 aromatic rings. The number of aryl methyl sites for hydroxylation is 1. The third-order valence-corrected chi connectivity index (χ3v) is 3.93. The first kappa shape index (κ1) is 14.3. The molecular weight excluding hydrogens is 306 g/mol. The van der Waals surface area contributed by atoms with Crippen molar-refractivity contribution in [3.8, 4) is 28.3 Å². The lowest BCUT2D eigenvalue weighted by Crippen LogP contribution is -2.04. The van der Waals surface area contributed by atoms with Crippen LogP contribution in [0.15, 0.2) is 68.3 Å². The van der Waals surface area contributed by atoms with Gasteiger partial charge in [-0.2, -0.15) is 0 Å². The summed E-state index contributed by atoms with van der Waals surface area (Å²) in [5.41, 5.74) is 1.56. The quantitative estimate of drug-likeness (QED) is 0.562. The van der Waals surface area contributed by atoms with Crippen molar-refractivity contribution in [2.75, 3.05) is 0 Å². The van der Waals surface area contributed by atoms with Crippen LogP contribution in [0.1, 0.15) is 5.56 Å². The van der Waals surface area contributed by atoms with Gasteiger partial charge in [0.1, 0.15) is 22.6 Å². The van der Waals surface area contributed by atoms with E-state index in [9.17, 15) is 9.90 Å². The first-order chi connectivity index (χ1) is 11.6. The summed E-state index contributed by atoms with van der Waals surface area (Å²) in [6.07, 6.45) is 0. The predicted octanol–water partition coefficient (Wildman–Crippen LogP) is 4.13. The van der Waals surface area contributed by atoms with Crippen LogP contribution in [0, 0.1) is 6.92 Å². The number of hydrogen-bond acceptors (Lipinski definition) is 5. The summed E-state index contributed by atoms with van der Waals surface area (Å²) in [6.45, 7) is 1.81. The lowest BCUT2D eigenvalue weighted by Gasteiger charge is -2.05. The Hall–Kier alpha value is -3.34. The second kappa shape index (κ2) is 5.38. The van der Waals surface area contributed by atoms with E-state index in [-0.39, 0.29) is 17.0 Å². The van der Waals surface area contributed by atoms with Crippen molar-refractivity contribution in [3.63, 3.8) is 0 Å². The van der Waals surface area contributed by atoms with Crippen LogP contribution in [0.3, 0.4) is 0 Å². The van der Waals surface area contributed by atoms with Gasteiger partial charge in [-0.05, 0) is 18.6 Å². The normalized spacial score (nSPS) is 11.0. The Balaban J connectivity index is 1.92. The molecule has 0 bridgehead atoms. The van der Waals surface area contributed by atoms with Crippen LogP contribution < -0.4 is 5.63 Å². The molecule has 4 rings (SSSR count). The maximum atomic E-state index is 12.3. The van der Waals surface area contributed by atoms with Crippen molar-refractivity contribution >= 4 is 11.0 Å². The van der Waals surface area contributed by atoms with Gasteiger partial charge < -0.3 is 14.0 Å². The summed E-state index contributed by atoms with van der Waals surface area (Å²) in [5, 5.41) is 14.9. The van der Waals surface area contributed by atoms with Gasteiger partial charge in [0, 0.05) is 11.6 Å². The molecule has 5 heteroatoms. The molecule has 2 aromatic heterocycles. The fourth-order valence-corrected chi connectivity index (χ4v) is 2.71. The van der Waals surface area contributed by atoms with Crippen LogP contribution in [0.2, 0.25) is 0 Å². The van der Waals surface area contributed by atoms with Gasteiger partial charge in [0.15, 0.2) is 5.76 Å². The molecule has 0 saturated carbocycles. The number of aromatic nitrogens is 1. The highest BCUT2D eigenvalue weighted by atomic mass is 16.5. The molecule has 0 atom stereocenters. The Labute approximate surface area is 136 Å². The van der Waals surface area contributed by atoms with Crippen LogP contribution in [0.4, 0.5) is 0 Å². The summed E-state index contributed by atoms with van der Waals surface area (Å²) in [7, 11) is 0. The smallest absolute Gasteiger partial charge is 0.349 e. The lowest BCUT2D eigenvalue weighted by molar-refractivity contribution is 0.431. The van der Waals surface area contributed by atoms with Crippen molar-refractivity contribution in [1.82, 2.24) is 5.16 Å². The van der Waals surface area contributed by atoms with E-state index in [0.717, 1.165) is 11.1 Å². The average molecular weight is 319 g/mol. The summed E-state index contributed by atoms with van der Waals surface area (Å²) in [4.78, 5) is 12.3. The monoisotopic (exact) mass is 319 g/mol. The van der Waals surface area contributed by atoms with E-state index >= 15 is 0 Å². The third kappa shape index (κ3) is 2.18. The summed E-state index contributed by atoms with van der Waals surface area (Å²) in [6, 6.07) is 16.3. The fourth-order valence-electron chi connectivity index (χ4n) is 2.71. The SMILES string of the molecule is Cc1cccc2c(O)c(-c3cc(-c4ccccc4)on3)c(=O)oc12. The lowest BCUT2D eigenvalue weighted by atomic mass is 10.1. The van der Waals surface area contributed by atoms with Crippen molar-refractivity contribution in [2.24, 2.45) is 0 Å². The van der Waals surface area contributed by atoms with E-state index < -0.39 is 5.63 Å². The van der Waals surface area contributed by atoms with Gasteiger partial charge in [0.05, 0.1) is 5.39 Å². The Morgan fingerprint density at radius 1 is 1.04 bits per heavy atom. The van der Waals surface area contributed by atoms with E-state index in [1.807, 2.05) is 43.3 Å². The minimum Gasteiger partial charge on any atom is -0.506 e. The number of nitrogens with zero attached hydrogens (tertiary/aromatic N) is 1. The Bertz CT molecular complexity index is 1090. The number of rotatable bonds is 2. The van der Waals surface area contributed by atoms with Crippen LogP contribution in [0.25, 0.3) is 33.6 Å². The molecule has 5 nitrogen and oxygen atoms in total. The van der Waals surface area contributed by atoms with Crippen molar-refractivity contribution in [2.45, 2.75) is 6.92 Å². The van der Waals surface area contributed by atoms with Crippen LogP contribution in [-0.2, 0) is 0 Å². The summed E-state index contributed by atoms with van der Waals surface area (Å²) >= 11 is 0. The Morgan fingerprint density at radius 3 is 2.62 bits per heavy atom. The Kier molecular flexibility index (Phi) is 3.20. The molecule has 0 radical (unpaired) electrons. The molecule has 24 heavy (non-hydrogen) atoms. The zero-order chi connectivity index (χ0) is 16.7. The number of para-hydroxylation sites is 1. The maximum absolute atomic E-state index is 12.3. The van der Waals surface area contributed by atoms with Crippen LogP contribution in [-0.4, -0.2) is 10.3 Å². The molecule has 2 heterocycles.